The van der Waals surface area contributed by atoms with Crippen molar-refractivity contribution in [2.24, 2.45) is 0 Å². The van der Waals surface area contributed by atoms with Gasteiger partial charge in [0.15, 0.2) is 0 Å². The van der Waals surface area contributed by atoms with Crippen molar-refractivity contribution in [2.45, 2.75) is 13.5 Å². The van der Waals surface area contributed by atoms with Gasteiger partial charge in [-0.15, -0.1) is 0 Å². The minimum Gasteiger partial charge on any atom is -0.497 e. The maximum atomic E-state index is 5.99. The highest BCUT2D eigenvalue weighted by Crippen LogP contribution is 2.29. The lowest BCUT2D eigenvalue weighted by atomic mass is 10.2. The SMILES string of the molecule is COc1cccc(COc2cc(Cl)c(N)cc2C)c1. The molecule has 0 aliphatic heterocycles. The molecule has 100 valence electrons. The fraction of sp³-hybridized carbons (Fsp3) is 0.200. The molecule has 2 N–H and O–H groups in total. The van der Waals surface area contributed by atoms with Gasteiger partial charge in [-0.25, -0.2) is 0 Å². The van der Waals surface area contributed by atoms with Crippen LogP contribution in [0.25, 0.3) is 0 Å². The number of anilines is 1. The van der Waals surface area contributed by atoms with Gasteiger partial charge in [-0.2, -0.15) is 0 Å². The Kier molecular flexibility index (Phi) is 4.17. The molecular weight excluding hydrogens is 262 g/mol. The molecule has 0 unspecified atom stereocenters. The van der Waals surface area contributed by atoms with E-state index in [0.29, 0.717) is 17.3 Å². The van der Waals surface area contributed by atoms with Gasteiger partial charge in [-0.1, -0.05) is 23.7 Å². The molecule has 0 atom stereocenters. The summed E-state index contributed by atoms with van der Waals surface area (Å²) in [7, 11) is 1.64. The van der Waals surface area contributed by atoms with Crippen molar-refractivity contribution in [1.29, 1.82) is 0 Å². The Morgan fingerprint density at radius 2 is 2.00 bits per heavy atom. The smallest absolute Gasteiger partial charge is 0.124 e. The van der Waals surface area contributed by atoms with Crippen LogP contribution in [0.4, 0.5) is 5.69 Å². The highest BCUT2D eigenvalue weighted by Gasteiger charge is 2.05. The molecule has 0 spiro atoms. The molecule has 3 nitrogen and oxygen atoms in total. The Morgan fingerprint density at radius 1 is 1.21 bits per heavy atom. The molecule has 0 bridgehead atoms. The zero-order valence-corrected chi connectivity index (χ0v) is 11.7. The minimum absolute atomic E-state index is 0.457. The summed E-state index contributed by atoms with van der Waals surface area (Å²) in [6.07, 6.45) is 0. The number of nitrogens with two attached hydrogens (primary N) is 1. The predicted molar refractivity (Wildman–Crippen MR) is 77.9 cm³/mol. The molecule has 0 aliphatic rings. The van der Waals surface area contributed by atoms with Crippen LogP contribution in [-0.2, 0) is 6.61 Å². The Balaban J connectivity index is 2.12. The van der Waals surface area contributed by atoms with E-state index < -0.39 is 0 Å². The number of hydrogen-bond donors (Lipinski definition) is 1. The Labute approximate surface area is 117 Å². The van der Waals surface area contributed by atoms with Crippen LogP contribution >= 0.6 is 11.6 Å². The van der Waals surface area contributed by atoms with Gasteiger partial charge >= 0.3 is 0 Å². The summed E-state index contributed by atoms with van der Waals surface area (Å²) >= 11 is 5.99. The zero-order valence-electron chi connectivity index (χ0n) is 10.9. The summed E-state index contributed by atoms with van der Waals surface area (Å²) < 4.78 is 10.9. The predicted octanol–water partition coefficient (Wildman–Crippen LogP) is 3.82. The van der Waals surface area contributed by atoms with Gasteiger partial charge in [-0.3, -0.25) is 0 Å². The number of ether oxygens (including phenoxy) is 2. The molecular formula is C15H16ClNO2. The largest absolute Gasteiger partial charge is 0.497 e. The summed E-state index contributed by atoms with van der Waals surface area (Å²) in [6.45, 7) is 2.39. The summed E-state index contributed by atoms with van der Waals surface area (Å²) in [5.41, 5.74) is 8.29. The van der Waals surface area contributed by atoms with Gasteiger partial charge in [0.1, 0.15) is 18.1 Å². The molecule has 0 saturated carbocycles. The zero-order chi connectivity index (χ0) is 13.8. The van der Waals surface area contributed by atoms with Crippen LogP contribution in [0.1, 0.15) is 11.1 Å². The van der Waals surface area contributed by atoms with Crippen LogP contribution in [0.15, 0.2) is 36.4 Å². The minimum atomic E-state index is 0.457. The van der Waals surface area contributed by atoms with E-state index in [0.717, 1.165) is 22.6 Å². The first-order valence-electron chi connectivity index (χ1n) is 5.91. The van der Waals surface area contributed by atoms with E-state index in [1.807, 2.05) is 37.3 Å². The number of benzene rings is 2. The van der Waals surface area contributed by atoms with Crippen molar-refractivity contribution in [3.8, 4) is 11.5 Å². The highest BCUT2D eigenvalue weighted by molar-refractivity contribution is 6.33. The number of hydrogen-bond acceptors (Lipinski definition) is 3. The Bertz CT molecular complexity index is 584. The lowest BCUT2D eigenvalue weighted by molar-refractivity contribution is 0.303. The fourth-order valence-corrected chi connectivity index (χ4v) is 1.92. The van der Waals surface area contributed by atoms with Gasteiger partial charge in [0.2, 0.25) is 0 Å². The van der Waals surface area contributed by atoms with E-state index >= 15 is 0 Å². The molecule has 0 aromatic heterocycles. The van der Waals surface area contributed by atoms with Gasteiger partial charge in [0, 0.05) is 6.07 Å². The molecule has 0 saturated heterocycles. The monoisotopic (exact) mass is 277 g/mol. The van der Waals surface area contributed by atoms with Crippen LogP contribution in [0.5, 0.6) is 11.5 Å². The molecule has 0 radical (unpaired) electrons. The van der Waals surface area contributed by atoms with Crippen molar-refractivity contribution in [3.05, 3.63) is 52.5 Å². The lowest BCUT2D eigenvalue weighted by Gasteiger charge is -2.11. The second kappa shape index (κ2) is 5.85. The Morgan fingerprint density at radius 3 is 2.74 bits per heavy atom. The Hall–Kier alpha value is -1.87. The molecule has 4 heteroatoms. The van der Waals surface area contributed by atoms with E-state index in [-0.39, 0.29) is 0 Å². The van der Waals surface area contributed by atoms with E-state index in [1.165, 1.54) is 0 Å². The third-order valence-corrected chi connectivity index (χ3v) is 3.15. The quantitative estimate of drug-likeness (QED) is 0.864. The van der Waals surface area contributed by atoms with Crippen LogP contribution in [-0.4, -0.2) is 7.11 Å². The number of aryl methyl sites for hydroxylation is 1. The number of nitrogen functional groups attached to an aromatic ring is 1. The molecule has 0 heterocycles. The molecule has 2 aromatic carbocycles. The van der Waals surface area contributed by atoms with Crippen LogP contribution in [0.3, 0.4) is 0 Å². The van der Waals surface area contributed by atoms with Crippen molar-refractivity contribution in [1.82, 2.24) is 0 Å². The van der Waals surface area contributed by atoms with Crippen LogP contribution in [0.2, 0.25) is 5.02 Å². The topological polar surface area (TPSA) is 44.5 Å². The van der Waals surface area contributed by atoms with Crippen LogP contribution in [0, 0.1) is 6.92 Å². The highest BCUT2D eigenvalue weighted by atomic mass is 35.5. The second-order valence-corrected chi connectivity index (χ2v) is 4.69. The normalized spacial score (nSPS) is 10.3. The number of methoxy groups -OCH3 is 1. The number of rotatable bonds is 4. The first-order chi connectivity index (χ1) is 9.10. The van der Waals surface area contributed by atoms with Gasteiger partial charge in [0.05, 0.1) is 17.8 Å². The summed E-state index contributed by atoms with van der Waals surface area (Å²) in [4.78, 5) is 0. The molecule has 0 fully saturated rings. The molecule has 0 aliphatic carbocycles. The van der Waals surface area contributed by atoms with Crippen molar-refractivity contribution < 1.29 is 9.47 Å². The summed E-state index contributed by atoms with van der Waals surface area (Å²) in [6, 6.07) is 11.3. The third-order valence-electron chi connectivity index (χ3n) is 2.82. The maximum Gasteiger partial charge on any atom is 0.124 e. The van der Waals surface area contributed by atoms with Gasteiger partial charge in [0.25, 0.3) is 0 Å². The van der Waals surface area contributed by atoms with E-state index in [9.17, 15) is 0 Å². The van der Waals surface area contributed by atoms with E-state index in [1.54, 1.807) is 13.2 Å². The third kappa shape index (κ3) is 3.32. The molecule has 19 heavy (non-hydrogen) atoms. The second-order valence-electron chi connectivity index (χ2n) is 4.28. The first-order valence-corrected chi connectivity index (χ1v) is 6.29. The summed E-state index contributed by atoms with van der Waals surface area (Å²) in [5.74, 6) is 1.55. The molecule has 2 rings (SSSR count). The van der Waals surface area contributed by atoms with Gasteiger partial charge in [-0.05, 0) is 36.2 Å². The first kappa shape index (κ1) is 13.6. The van der Waals surface area contributed by atoms with Crippen molar-refractivity contribution >= 4 is 17.3 Å². The molecule has 0 amide bonds. The lowest BCUT2D eigenvalue weighted by Crippen LogP contribution is -1.98. The average molecular weight is 278 g/mol. The molecule has 2 aromatic rings. The van der Waals surface area contributed by atoms with Crippen LogP contribution < -0.4 is 15.2 Å². The van der Waals surface area contributed by atoms with Gasteiger partial charge < -0.3 is 15.2 Å². The average Bonchev–Trinajstić information content (AvgIpc) is 2.41. The fourth-order valence-electron chi connectivity index (χ4n) is 1.76. The number of halogens is 1. The maximum absolute atomic E-state index is 5.99. The summed E-state index contributed by atoms with van der Waals surface area (Å²) in [5, 5.41) is 0.506. The van der Waals surface area contributed by atoms with E-state index in [4.69, 9.17) is 26.8 Å². The van der Waals surface area contributed by atoms with Crippen molar-refractivity contribution in [2.75, 3.05) is 12.8 Å². The van der Waals surface area contributed by atoms with Crippen molar-refractivity contribution in [3.63, 3.8) is 0 Å². The standard InChI is InChI=1S/C15H16ClNO2/c1-10-6-14(17)13(16)8-15(10)19-9-11-4-3-5-12(7-11)18-2/h3-8H,9,17H2,1-2H3. The van der Waals surface area contributed by atoms with E-state index in [2.05, 4.69) is 0 Å².